The van der Waals surface area contributed by atoms with Crippen molar-refractivity contribution in [1.82, 2.24) is 25.6 Å². The summed E-state index contributed by atoms with van der Waals surface area (Å²) >= 11 is 16.9. The Morgan fingerprint density at radius 3 is 2.50 bits per heavy atom. The van der Waals surface area contributed by atoms with Gasteiger partial charge in [0.05, 0.1) is 5.56 Å². The van der Waals surface area contributed by atoms with Crippen LogP contribution in [-0.4, -0.2) is 31.7 Å². The fraction of sp³-hybridized carbons (Fsp3) is 0.0588. The number of hydrogen-bond donors (Lipinski definition) is 4. The fourth-order valence-corrected chi connectivity index (χ4v) is 2.85. The third-order valence-electron chi connectivity index (χ3n) is 3.68. The van der Waals surface area contributed by atoms with Crippen molar-refractivity contribution < 1.29 is 14.7 Å². The maximum absolute atomic E-state index is 12.2. The highest BCUT2D eigenvalue weighted by Crippen LogP contribution is 2.21. The first kappa shape index (κ1) is 19.9. The van der Waals surface area contributed by atoms with Crippen molar-refractivity contribution >= 4 is 47.2 Å². The van der Waals surface area contributed by atoms with Gasteiger partial charge in [-0.15, -0.1) is 0 Å². The number of H-pyrrole nitrogens is 1. The Labute approximate surface area is 174 Å². The van der Waals surface area contributed by atoms with Gasteiger partial charge in [0.15, 0.2) is 10.6 Å². The molecule has 0 atom stereocenters. The highest BCUT2D eigenvalue weighted by atomic mass is 35.5. The number of phenols is 1. The Kier molecular flexibility index (Phi) is 5.98. The van der Waals surface area contributed by atoms with E-state index >= 15 is 0 Å². The molecule has 0 aliphatic carbocycles. The highest BCUT2D eigenvalue weighted by Gasteiger charge is 2.15. The van der Waals surface area contributed by atoms with Crippen molar-refractivity contribution in [2.24, 2.45) is 0 Å². The van der Waals surface area contributed by atoms with Gasteiger partial charge in [0.2, 0.25) is 0 Å². The number of hydrazine groups is 1. The van der Waals surface area contributed by atoms with E-state index in [1.165, 1.54) is 22.8 Å². The number of hydrogen-bond acceptors (Lipinski definition) is 5. The van der Waals surface area contributed by atoms with Gasteiger partial charge in [0.25, 0.3) is 11.8 Å². The van der Waals surface area contributed by atoms with Gasteiger partial charge in [0, 0.05) is 15.6 Å². The number of carbonyl (C=O) groups excluding carboxylic acids is 2. The maximum atomic E-state index is 12.2. The molecule has 2 amide bonds. The fourth-order valence-electron chi connectivity index (χ4n) is 2.35. The van der Waals surface area contributed by atoms with E-state index in [9.17, 15) is 14.7 Å². The number of nitrogens with zero attached hydrogens (tertiary/aromatic N) is 2. The van der Waals surface area contributed by atoms with Crippen LogP contribution in [0.4, 0.5) is 0 Å². The summed E-state index contributed by atoms with van der Waals surface area (Å²) in [6.45, 7) is -0.199. The number of phenolic OH excluding ortho intramolecular Hbond substituents is 1. The Bertz CT molecular complexity index is 1090. The minimum Gasteiger partial charge on any atom is -0.507 e. The van der Waals surface area contributed by atoms with Gasteiger partial charge in [-0.2, -0.15) is 5.10 Å². The molecule has 0 aliphatic rings. The van der Waals surface area contributed by atoms with Gasteiger partial charge >= 0.3 is 0 Å². The van der Waals surface area contributed by atoms with E-state index in [0.29, 0.717) is 16.4 Å². The predicted molar refractivity (Wildman–Crippen MR) is 107 cm³/mol. The second-order valence-corrected chi connectivity index (χ2v) is 6.87. The molecule has 0 aliphatic heterocycles. The Hall–Kier alpha value is -2.88. The van der Waals surface area contributed by atoms with Crippen LogP contribution in [0.3, 0.4) is 0 Å². The lowest BCUT2D eigenvalue weighted by molar-refractivity contribution is -0.122. The molecule has 1 aromatic heterocycles. The second-order valence-electron chi connectivity index (χ2n) is 5.61. The zero-order valence-electron chi connectivity index (χ0n) is 14.1. The summed E-state index contributed by atoms with van der Waals surface area (Å²) in [4.78, 5) is 24.4. The number of rotatable bonds is 4. The Morgan fingerprint density at radius 2 is 1.79 bits per heavy atom. The first-order valence-electron chi connectivity index (χ1n) is 7.84. The van der Waals surface area contributed by atoms with Gasteiger partial charge < -0.3 is 5.11 Å². The molecule has 8 nitrogen and oxygen atoms in total. The third kappa shape index (κ3) is 4.50. The number of halogens is 2. The molecule has 28 heavy (non-hydrogen) atoms. The first-order valence-corrected chi connectivity index (χ1v) is 9.00. The normalized spacial score (nSPS) is 10.5. The quantitative estimate of drug-likeness (QED) is 0.370. The molecule has 0 spiro atoms. The van der Waals surface area contributed by atoms with Crippen LogP contribution in [-0.2, 0) is 11.3 Å². The molecule has 4 N–H and O–H groups in total. The number of carbonyl (C=O) groups is 2. The zero-order chi connectivity index (χ0) is 20.3. The summed E-state index contributed by atoms with van der Waals surface area (Å²) in [6.07, 6.45) is 0. The molecule has 0 saturated heterocycles. The lowest BCUT2D eigenvalue weighted by Gasteiger charge is -2.10. The molecule has 3 rings (SSSR count). The van der Waals surface area contributed by atoms with Crippen LogP contribution in [0.25, 0.3) is 11.4 Å². The van der Waals surface area contributed by atoms with Crippen molar-refractivity contribution in [1.29, 1.82) is 0 Å². The lowest BCUT2D eigenvalue weighted by Crippen LogP contribution is -2.43. The maximum Gasteiger partial charge on any atom is 0.273 e. The number of aromatic nitrogens is 3. The Morgan fingerprint density at radius 1 is 1.11 bits per heavy atom. The smallest absolute Gasteiger partial charge is 0.273 e. The minimum atomic E-state index is -0.720. The molecule has 3 aromatic rings. The van der Waals surface area contributed by atoms with Crippen LogP contribution >= 0.6 is 35.4 Å². The van der Waals surface area contributed by atoms with Gasteiger partial charge in [-0.3, -0.25) is 30.1 Å². The number of aromatic hydroxyl groups is 1. The van der Waals surface area contributed by atoms with Crippen molar-refractivity contribution in [3.05, 3.63) is 62.8 Å². The van der Waals surface area contributed by atoms with E-state index in [1.807, 2.05) is 0 Å². The highest BCUT2D eigenvalue weighted by molar-refractivity contribution is 7.71. The van der Waals surface area contributed by atoms with Crippen LogP contribution in [0.15, 0.2) is 42.5 Å². The molecule has 2 aromatic carbocycles. The van der Waals surface area contributed by atoms with Gasteiger partial charge in [-0.05, 0) is 54.7 Å². The monoisotopic (exact) mass is 437 g/mol. The van der Waals surface area contributed by atoms with E-state index in [1.54, 1.807) is 24.3 Å². The number of nitrogens with one attached hydrogen (secondary N) is 3. The molecule has 1 heterocycles. The average Bonchev–Trinajstić information content (AvgIpc) is 3.03. The van der Waals surface area contributed by atoms with Crippen molar-refractivity contribution in [2.45, 2.75) is 6.54 Å². The van der Waals surface area contributed by atoms with Crippen molar-refractivity contribution in [3.63, 3.8) is 0 Å². The third-order valence-corrected chi connectivity index (χ3v) is 4.48. The zero-order valence-corrected chi connectivity index (χ0v) is 16.4. The largest absolute Gasteiger partial charge is 0.507 e. The Balaban J connectivity index is 1.70. The van der Waals surface area contributed by atoms with Crippen LogP contribution in [0.1, 0.15) is 10.4 Å². The van der Waals surface area contributed by atoms with Crippen LogP contribution in [0.2, 0.25) is 10.0 Å². The minimum absolute atomic E-state index is 0.0745. The second kappa shape index (κ2) is 8.42. The average molecular weight is 438 g/mol. The molecular weight excluding hydrogens is 425 g/mol. The molecule has 0 unspecified atom stereocenters. The van der Waals surface area contributed by atoms with E-state index in [0.717, 1.165) is 0 Å². The van der Waals surface area contributed by atoms with Gasteiger partial charge in [0.1, 0.15) is 12.3 Å². The summed E-state index contributed by atoms with van der Waals surface area (Å²) in [5.74, 6) is -1.10. The van der Waals surface area contributed by atoms with E-state index in [4.69, 9.17) is 35.4 Å². The van der Waals surface area contributed by atoms with Crippen LogP contribution in [0, 0.1) is 4.77 Å². The van der Waals surface area contributed by atoms with Crippen molar-refractivity contribution in [2.75, 3.05) is 0 Å². The number of benzene rings is 2. The molecule has 0 bridgehead atoms. The summed E-state index contributed by atoms with van der Waals surface area (Å²) in [5, 5.41) is 17.3. The summed E-state index contributed by atoms with van der Waals surface area (Å²) < 4.78 is 1.70. The van der Waals surface area contributed by atoms with Crippen LogP contribution < -0.4 is 10.9 Å². The van der Waals surface area contributed by atoms with Gasteiger partial charge in [-0.1, -0.05) is 23.2 Å². The van der Waals surface area contributed by atoms with E-state index in [2.05, 4.69) is 21.0 Å². The van der Waals surface area contributed by atoms with Crippen LogP contribution in [0.5, 0.6) is 5.75 Å². The topological polar surface area (TPSA) is 112 Å². The first-order chi connectivity index (χ1) is 13.3. The summed E-state index contributed by atoms with van der Waals surface area (Å²) in [5.41, 5.74) is 5.10. The molecule has 11 heteroatoms. The summed E-state index contributed by atoms with van der Waals surface area (Å²) in [7, 11) is 0. The van der Waals surface area contributed by atoms with Crippen molar-refractivity contribution in [3.8, 4) is 17.1 Å². The van der Waals surface area contributed by atoms with Gasteiger partial charge in [-0.25, -0.2) is 0 Å². The SMILES string of the molecule is O=C(Cn1c(-c2ccc(Cl)cc2)n[nH]c1=S)NNC(=O)c1cc(Cl)ccc1O. The molecule has 0 fully saturated rings. The summed E-state index contributed by atoms with van der Waals surface area (Å²) in [6, 6.07) is 10.9. The van der Waals surface area contributed by atoms with E-state index < -0.39 is 11.8 Å². The number of amides is 2. The molecular formula is C17H13Cl2N5O3S. The molecule has 0 saturated carbocycles. The number of aromatic amines is 1. The predicted octanol–water partition coefficient (Wildman–Crippen LogP) is 3.08. The molecule has 144 valence electrons. The standard InChI is InChI=1S/C17H13Cl2N5O3S/c18-10-3-1-9(2-4-10)15-21-23-17(28)24(15)8-14(26)20-22-16(27)12-7-11(19)5-6-13(12)25/h1-7,25H,8H2,(H,20,26)(H,22,27)(H,23,28). The molecule has 0 radical (unpaired) electrons. The van der Waals surface area contributed by atoms with E-state index in [-0.39, 0.29) is 27.7 Å². The lowest BCUT2D eigenvalue weighted by atomic mass is 10.2.